The second kappa shape index (κ2) is 6.52. The molecule has 0 aliphatic heterocycles. The highest BCUT2D eigenvalue weighted by molar-refractivity contribution is 6.13. The van der Waals surface area contributed by atoms with Gasteiger partial charge in [-0.3, -0.25) is 4.79 Å². The highest BCUT2D eigenvalue weighted by Gasteiger charge is 2.25. The second-order valence-corrected chi connectivity index (χ2v) is 5.88. The van der Waals surface area contributed by atoms with Gasteiger partial charge in [0.25, 0.3) is 0 Å². The first kappa shape index (κ1) is 16.1. The summed E-state index contributed by atoms with van der Waals surface area (Å²) < 4.78 is 16.7. The van der Waals surface area contributed by atoms with Crippen molar-refractivity contribution in [3.05, 3.63) is 71.7 Å². The number of aromatic nitrogens is 1. The quantitative estimate of drug-likeness (QED) is 0.474. The van der Waals surface area contributed by atoms with Crippen molar-refractivity contribution in [2.24, 2.45) is 0 Å². The van der Waals surface area contributed by atoms with Crippen molar-refractivity contribution in [3.8, 4) is 17.0 Å². The molecule has 2 aromatic heterocycles. The van der Waals surface area contributed by atoms with E-state index < -0.39 is 0 Å². The van der Waals surface area contributed by atoms with Crippen molar-refractivity contribution in [3.63, 3.8) is 0 Å². The number of para-hydroxylation sites is 1. The SMILES string of the molecule is CCOc1cccc2cc(C(=O)c3c(-c4ccccc4)noc3C)oc12. The van der Waals surface area contributed by atoms with Crippen LogP contribution >= 0.6 is 0 Å². The Hall–Kier alpha value is -3.34. The van der Waals surface area contributed by atoms with E-state index in [9.17, 15) is 4.79 Å². The van der Waals surface area contributed by atoms with E-state index in [1.54, 1.807) is 13.0 Å². The molecule has 5 nitrogen and oxygen atoms in total. The molecule has 0 aliphatic rings. The molecule has 4 aromatic rings. The predicted octanol–water partition coefficient (Wildman–Crippen LogP) is 5.03. The zero-order chi connectivity index (χ0) is 18.1. The second-order valence-electron chi connectivity index (χ2n) is 5.88. The Bertz CT molecular complexity index is 1080. The lowest BCUT2D eigenvalue weighted by Crippen LogP contribution is -2.02. The fourth-order valence-corrected chi connectivity index (χ4v) is 2.97. The van der Waals surface area contributed by atoms with Gasteiger partial charge in [0.1, 0.15) is 11.5 Å². The third kappa shape index (κ3) is 2.67. The molecule has 0 bridgehead atoms. The minimum atomic E-state index is -0.263. The number of carbonyl (C=O) groups is 1. The van der Waals surface area contributed by atoms with E-state index in [-0.39, 0.29) is 11.5 Å². The van der Waals surface area contributed by atoms with Crippen LogP contribution in [-0.2, 0) is 0 Å². The van der Waals surface area contributed by atoms with Gasteiger partial charge in [0.15, 0.2) is 17.1 Å². The minimum absolute atomic E-state index is 0.232. The first-order valence-electron chi connectivity index (χ1n) is 8.40. The van der Waals surface area contributed by atoms with E-state index >= 15 is 0 Å². The molecular formula is C21H17NO4. The van der Waals surface area contributed by atoms with Crippen LogP contribution < -0.4 is 4.74 Å². The van der Waals surface area contributed by atoms with Gasteiger partial charge in [0.05, 0.1) is 12.2 Å². The molecule has 0 spiro atoms. The van der Waals surface area contributed by atoms with Gasteiger partial charge in [0, 0.05) is 10.9 Å². The molecule has 0 saturated carbocycles. The van der Waals surface area contributed by atoms with Crippen LogP contribution in [-0.4, -0.2) is 17.5 Å². The zero-order valence-electron chi connectivity index (χ0n) is 14.5. The van der Waals surface area contributed by atoms with E-state index in [1.807, 2.05) is 55.5 Å². The summed E-state index contributed by atoms with van der Waals surface area (Å²) in [6.45, 7) is 4.15. The Morgan fingerprint density at radius 1 is 1.12 bits per heavy atom. The molecule has 0 aliphatic carbocycles. The number of furan rings is 1. The molecule has 0 unspecified atom stereocenters. The Balaban J connectivity index is 1.81. The van der Waals surface area contributed by atoms with Gasteiger partial charge in [0.2, 0.25) is 5.78 Å². The van der Waals surface area contributed by atoms with E-state index in [2.05, 4.69) is 5.16 Å². The lowest BCUT2D eigenvalue weighted by atomic mass is 10.0. The van der Waals surface area contributed by atoms with Gasteiger partial charge in [-0.2, -0.15) is 0 Å². The van der Waals surface area contributed by atoms with Crippen molar-refractivity contribution in [2.75, 3.05) is 6.61 Å². The van der Waals surface area contributed by atoms with E-state index in [4.69, 9.17) is 13.7 Å². The normalized spacial score (nSPS) is 11.0. The number of benzene rings is 2. The highest BCUT2D eigenvalue weighted by Crippen LogP contribution is 2.32. The molecule has 0 fully saturated rings. The third-order valence-electron chi connectivity index (χ3n) is 4.17. The Labute approximate surface area is 150 Å². The Kier molecular flexibility index (Phi) is 4.05. The number of ether oxygens (including phenoxy) is 1. The topological polar surface area (TPSA) is 65.5 Å². The molecular weight excluding hydrogens is 330 g/mol. The zero-order valence-corrected chi connectivity index (χ0v) is 14.5. The van der Waals surface area contributed by atoms with Gasteiger partial charge in [-0.05, 0) is 26.0 Å². The lowest BCUT2D eigenvalue weighted by molar-refractivity contribution is 0.101. The molecule has 2 heterocycles. The van der Waals surface area contributed by atoms with Crippen molar-refractivity contribution in [2.45, 2.75) is 13.8 Å². The van der Waals surface area contributed by atoms with Crippen molar-refractivity contribution in [1.29, 1.82) is 0 Å². The first-order valence-corrected chi connectivity index (χ1v) is 8.40. The van der Waals surface area contributed by atoms with Crippen LogP contribution in [0.3, 0.4) is 0 Å². The highest BCUT2D eigenvalue weighted by atomic mass is 16.5. The summed E-state index contributed by atoms with van der Waals surface area (Å²) in [6.07, 6.45) is 0. The summed E-state index contributed by atoms with van der Waals surface area (Å²) in [5.41, 5.74) is 2.30. The van der Waals surface area contributed by atoms with Crippen LogP contribution in [0.2, 0.25) is 0 Å². The maximum absolute atomic E-state index is 13.1. The number of fused-ring (bicyclic) bond motifs is 1. The van der Waals surface area contributed by atoms with E-state index in [0.29, 0.717) is 35.0 Å². The smallest absolute Gasteiger partial charge is 0.234 e. The van der Waals surface area contributed by atoms with Crippen molar-refractivity contribution >= 4 is 16.8 Å². The average Bonchev–Trinajstić information content (AvgIpc) is 3.26. The molecule has 0 saturated heterocycles. The fraction of sp³-hybridized carbons (Fsp3) is 0.143. The molecule has 0 amide bonds. The number of ketones is 1. The van der Waals surface area contributed by atoms with Gasteiger partial charge >= 0.3 is 0 Å². The van der Waals surface area contributed by atoms with Crippen LogP contribution in [0.5, 0.6) is 5.75 Å². The molecule has 5 heteroatoms. The summed E-state index contributed by atoms with van der Waals surface area (Å²) in [5.74, 6) is 1.05. The first-order chi connectivity index (χ1) is 12.7. The summed E-state index contributed by atoms with van der Waals surface area (Å²) in [5, 5.41) is 4.89. The predicted molar refractivity (Wildman–Crippen MR) is 97.5 cm³/mol. The maximum Gasteiger partial charge on any atom is 0.234 e. The molecule has 2 aromatic carbocycles. The van der Waals surface area contributed by atoms with Gasteiger partial charge in [-0.1, -0.05) is 47.6 Å². The standard InChI is InChI=1S/C21H17NO4/c1-3-24-16-11-7-10-15-12-17(25-21(15)16)20(23)18-13(2)26-22-19(18)14-8-5-4-6-9-14/h4-12H,3H2,1-2H3. The monoisotopic (exact) mass is 347 g/mol. The largest absolute Gasteiger partial charge is 0.490 e. The summed E-state index contributed by atoms with van der Waals surface area (Å²) in [6, 6.07) is 16.8. The number of hydrogen-bond donors (Lipinski definition) is 0. The van der Waals surface area contributed by atoms with Crippen LogP contribution in [0, 0.1) is 6.92 Å². The molecule has 4 rings (SSSR count). The number of carbonyl (C=O) groups excluding carboxylic acids is 1. The molecule has 0 atom stereocenters. The van der Waals surface area contributed by atoms with Gasteiger partial charge in [-0.15, -0.1) is 0 Å². The molecule has 0 N–H and O–H groups in total. The maximum atomic E-state index is 13.1. The number of hydrogen-bond acceptors (Lipinski definition) is 5. The van der Waals surface area contributed by atoms with Crippen LogP contribution in [0.25, 0.3) is 22.2 Å². The Morgan fingerprint density at radius 2 is 1.92 bits per heavy atom. The summed E-state index contributed by atoms with van der Waals surface area (Å²) >= 11 is 0. The van der Waals surface area contributed by atoms with E-state index in [1.165, 1.54) is 0 Å². The third-order valence-corrected chi connectivity index (χ3v) is 4.17. The average molecular weight is 347 g/mol. The van der Waals surface area contributed by atoms with Crippen LogP contribution in [0.1, 0.15) is 28.8 Å². The molecule has 0 radical (unpaired) electrons. The molecule has 26 heavy (non-hydrogen) atoms. The molecule has 130 valence electrons. The van der Waals surface area contributed by atoms with Crippen LogP contribution in [0.4, 0.5) is 0 Å². The lowest BCUT2D eigenvalue weighted by Gasteiger charge is -2.02. The number of aryl methyl sites for hydroxylation is 1. The fourth-order valence-electron chi connectivity index (χ4n) is 2.97. The van der Waals surface area contributed by atoms with Gasteiger partial charge in [-0.25, -0.2) is 0 Å². The van der Waals surface area contributed by atoms with Gasteiger partial charge < -0.3 is 13.7 Å². The Morgan fingerprint density at radius 3 is 2.69 bits per heavy atom. The summed E-state index contributed by atoms with van der Waals surface area (Å²) in [4.78, 5) is 13.1. The van der Waals surface area contributed by atoms with Crippen LogP contribution in [0.15, 0.2) is 63.5 Å². The van der Waals surface area contributed by atoms with Crippen molar-refractivity contribution in [1.82, 2.24) is 5.16 Å². The number of rotatable bonds is 5. The van der Waals surface area contributed by atoms with Crippen molar-refractivity contribution < 1.29 is 18.5 Å². The summed E-state index contributed by atoms with van der Waals surface area (Å²) in [7, 11) is 0. The minimum Gasteiger partial charge on any atom is -0.490 e. The number of nitrogens with zero attached hydrogens (tertiary/aromatic N) is 1. The van der Waals surface area contributed by atoms with E-state index in [0.717, 1.165) is 10.9 Å².